The van der Waals surface area contributed by atoms with Gasteiger partial charge in [-0.3, -0.25) is 13.9 Å². The highest BCUT2D eigenvalue weighted by molar-refractivity contribution is 7.92. The van der Waals surface area contributed by atoms with Gasteiger partial charge in [0.2, 0.25) is 11.8 Å². The van der Waals surface area contributed by atoms with E-state index in [0.717, 1.165) is 35.6 Å². The molecule has 3 aromatic rings. The fraction of sp³-hybridized carbons (Fsp3) is 0.375. The van der Waals surface area contributed by atoms with E-state index in [2.05, 4.69) is 5.32 Å². The largest absolute Gasteiger partial charge is 0.497 e. The summed E-state index contributed by atoms with van der Waals surface area (Å²) in [6, 6.07) is 15.7. The van der Waals surface area contributed by atoms with Crippen molar-refractivity contribution in [2.75, 3.05) is 25.1 Å². The second-order valence-corrected chi connectivity index (χ2v) is 12.5. The van der Waals surface area contributed by atoms with Gasteiger partial charge in [0.15, 0.2) is 0 Å². The van der Waals surface area contributed by atoms with Gasteiger partial charge < -0.3 is 19.7 Å². The first-order valence-electron chi connectivity index (χ1n) is 14.2. The summed E-state index contributed by atoms with van der Waals surface area (Å²) in [5.41, 5.74) is 1.55. The Morgan fingerprint density at radius 1 is 0.977 bits per heavy atom. The van der Waals surface area contributed by atoms with Gasteiger partial charge in [0.05, 0.1) is 24.8 Å². The molecular formula is C32H38FN3O6S. The number of methoxy groups -OCH3 is 2. The zero-order valence-corrected chi connectivity index (χ0v) is 25.7. The molecule has 1 N–H and O–H groups in total. The molecule has 0 heterocycles. The Balaban J connectivity index is 1.75. The smallest absolute Gasteiger partial charge is 0.264 e. The lowest BCUT2D eigenvalue weighted by atomic mass is 10.1. The number of benzene rings is 3. The third-order valence-corrected chi connectivity index (χ3v) is 9.45. The van der Waals surface area contributed by atoms with Gasteiger partial charge in [-0.05, 0) is 68.7 Å². The summed E-state index contributed by atoms with van der Waals surface area (Å²) < 4.78 is 53.8. The Hall–Kier alpha value is -4.12. The number of aryl methyl sites for hydroxylation is 1. The van der Waals surface area contributed by atoms with E-state index in [1.54, 1.807) is 31.2 Å². The molecule has 0 aromatic heterocycles. The molecule has 9 nitrogen and oxygen atoms in total. The van der Waals surface area contributed by atoms with Crippen molar-refractivity contribution in [1.82, 2.24) is 10.2 Å². The van der Waals surface area contributed by atoms with E-state index in [1.807, 2.05) is 6.92 Å². The van der Waals surface area contributed by atoms with E-state index in [9.17, 15) is 22.4 Å². The molecule has 1 aliphatic carbocycles. The molecule has 230 valence electrons. The molecule has 1 aliphatic rings. The molecule has 3 aromatic carbocycles. The molecule has 0 saturated heterocycles. The second kappa shape index (κ2) is 13.9. The lowest BCUT2D eigenvalue weighted by Crippen LogP contribution is -2.52. The van der Waals surface area contributed by atoms with Crippen molar-refractivity contribution in [1.29, 1.82) is 0 Å². The third-order valence-electron chi connectivity index (χ3n) is 7.68. The number of amides is 2. The van der Waals surface area contributed by atoms with Gasteiger partial charge in [-0.2, -0.15) is 0 Å². The van der Waals surface area contributed by atoms with Crippen LogP contribution in [0.5, 0.6) is 11.5 Å². The Labute approximate surface area is 252 Å². The number of nitrogens with zero attached hydrogens (tertiary/aromatic N) is 2. The molecular weight excluding hydrogens is 573 g/mol. The zero-order valence-electron chi connectivity index (χ0n) is 24.9. The Morgan fingerprint density at radius 3 is 2.23 bits per heavy atom. The molecule has 11 heteroatoms. The highest BCUT2D eigenvalue weighted by atomic mass is 32.2. The van der Waals surface area contributed by atoms with E-state index in [0.29, 0.717) is 11.3 Å². The number of nitrogens with one attached hydrogen (secondary N) is 1. The van der Waals surface area contributed by atoms with Gasteiger partial charge in [-0.25, -0.2) is 12.8 Å². The minimum Gasteiger partial charge on any atom is -0.497 e. The number of anilines is 1. The van der Waals surface area contributed by atoms with Crippen molar-refractivity contribution < 1.29 is 31.9 Å². The normalized spacial score (nSPS) is 14.2. The van der Waals surface area contributed by atoms with E-state index >= 15 is 0 Å². The molecule has 0 aliphatic heterocycles. The number of hydrogen-bond acceptors (Lipinski definition) is 6. The van der Waals surface area contributed by atoms with Crippen molar-refractivity contribution in [3.8, 4) is 11.5 Å². The zero-order chi connectivity index (χ0) is 31.1. The molecule has 0 bridgehead atoms. The van der Waals surface area contributed by atoms with Gasteiger partial charge in [-0.15, -0.1) is 0 Å². The van der Waals surface area contributed by atoms with Crippen LogP contribution < -0.4 is 19.1 Å². The van der Waals surface area contributed by atoms with Crippen molar-refractivity contribution in [2.24, 2.45) is 0 Å². The Kier molecular flexibility index (Phi) is 10.3. The molecule has 1 saturated carbocycles. The Bertz CT molecular complexity index is 1520. The van der Waals surface area contributed by atoms with Gasteiger partial charge in [0.25, 0.3) is 10.0 Å². The van der Waals surface area contributed by atoms with E-state index in [-0.39, 0.29) is 34.8 Å². The van der Waals surface area contributed by atoms with Crippen molar-refractivity contribution >= 4 is 27.5 Å². The summed E-state index contributed by atoms with van der Waals surface area (Å²) in [7, 11) is -1.45. The van der Waals surface area contributed by atoms with Crippen molar-refractivity contribution in [3.63, 3.8) is 0 Å². The van der Waals surface area contributed by atoms with Crippen LogP contribution in [0.3, 0.4) is 0 Å². The van der Waals surface area contributed by atoms with E-state index in [1.165, 1.54) is 61.6 Å². The molecule has 43 heavy (non-hydrogen) atoms. The summed E-state index contributed by atoms with van der Waals surface area (Å²) in [6.45, 7) is 2.78. The van der Waals surface area contributed by atoms with Gasteiger partial charge in [0.1, 0.15) is 29.9 Å². The minimum atomic E-state index is -4.30. The second-order valence-electron chi connectivity index (χ2n) is 10.7. The average Bonchev–Trinajstić information content (AvgIpc) is 3.52. The van der Waals surface area contributed by atoms with Crippen molar-refractivity contribution in [3.05, 3.63) is 83.7 Å². The Morgan fingerprint density at radius 2 is 1.63 bits per heavy atom. The van der Waals surface area contributed by atoms with Crippen LogP contribution >= 0.6 is 0 Å². The first kappa shape index (κ1) is 31.8. The molecule has 4 rings (SSSR count). The summed E-state index contributed by atoms with van der Waals surface area (Å²) >= 11 is 0. The molecule has 2 amide bonds. The maximum atomic E-state index is 14.2. The highest BCUT2D eigenvalue weighted by Crippen LogP contribution is 2.36. The SMILES string of the molecule is COc1ccc(OC)c(N(CC(=O)N(Cc2ccc(F)cc2)C(C)C(=O)NC2CCCC2)S(=O)(=O)c2ccc(C)cc2)c1. The van der Waals surface area contributed by atoms with Crippen LogP contribution in [0.15, 0.2) is 71.6 Å². The van der Waals surface area contributed by atoms with Crippen LogP contribution in [0.1, 0.15) is 43.7 Å². The maximum Gasteiger partial charge on any atom is 0.264 e. The van der Waals surface area contributed by atoms with Crippen LogP contribution in [-0.4, -0.2) is 58.0 Å². The molecule has 1 fully saturated rings. The van der Waals surface area contributed by atoms with Crippen LogP contribution in [0.25, 0.3) is 0 Å². The van der Waals surface area contributed by atoms with E-state index < -0.39 is 34.3 Å². The molecule has 0 radical (unpaired) electrons. The van der Waals surface area contributed by atoms with Gasteiger partial charge in [-0.1, -0.05) is 42.7 Å². The standard InChI is InChI=1S/C32H38FN3O6S/c1-22-9-16-28(17-10-22)43(39,40)36(29-19-27(41-3)15-18-30(29)42-4)21-31(37)35(20-24-11-13-25(33)14-12-24)23(2)32(38)34-26-7-5-6-8-26/h9-19,23,26H,5-8,20-21H2,1-4H3,(H,34,38). The fourth-order valence-electron chi connectivity index (χ4n) is 5.10. The molecule has 0 spiro atoms. The monoisotopic (exact) mass is 611 g/mol. The summed E-state index contributed by atoms with van der Waals surface area (Å²) in [6.07, 6.45) is 3.77. The summed E-state index contributed by atoms with van der Waals surface area (Å²) in [5, 5.41) is 3.03. The minimum absolute atomic E-state index is 0.0205. The average molecular weight is 612 g/mol. The molecule has 1 atom stereocenters. The topological polar surface area (TPSA) is 105 Å². The van der Waals surface area contributed by atoms with Crippen LogP contribution in [-0.2, 0) is 26.2 Å². The molecule has 1 unspecified atom stereocenters. The highest BCUT2D eigenvalue weighted by Gasteiger charge is 2.34. The first-order valence-corrected chi connectivity index (χ1v) is 15.6. The van der Waals surface area contributed by atoms with E-state index in [4.69, 9.17) is 9.47 Å². The van der Waals surface area contributed by atoms with Gasteiger partial charge in [0, 0.05) is 18.7 Å². The van der Waals surface area contributed by atoms with Crippen LogP contribution in [0.2, 0.25) is 0 Å². The van der Waals surface area contributed by atoms with Crippen LogP contribution in [0.4, 0.5) is 10.1 Å². The predicted octanol–water partition coefficient (Wildman–Crippen LogP) is 4.82. The lowest BCUT2D eigenvalue weighted by molar-refractivity contribution is -0.139. The van der Waals surface area contributed by atoms with Crippen LogP contribution in [0, 0.1) is 12.7 Å². The maximum absolute atomic E-state index is 14.2. The number of ether oxygens (including phenoxy) is 2. The number of hydrogen-bond donors (Lipinski definition) is 1. The number of carbonyl (C=O) groups excluding carboxylic acids is 2. The quantitative estimate of drug-likeness (QED) is 0.315. The predicted molar refractivity (Wildman–Crippen MR) is 162 cm³/mol. The summed E-state index contributed by atoms with van der Waals surface area (Å²) in [4.78, 5) is 28.8. The van der Waals surface area contributed by atoms with Gasteiger partial charge >= 0.3 is 0 Å². The summed E-state index contributed by atoms with van der Waals surface area (Å²) in [5.74, 6) is -0.830. The number of rotatable bonds is 12. The number of carbonyl (C=O) groups is 2. The third kappa shape index (κ3) is 7.64. The number of sulfonamides is 1. The number of halogens is 1. The van der Waals surface area contributed by atoms with Crippen molar-refractivity contribution in [2.45, 2.75) is 63.1 Å². The lowest BCUT2D eigenvalue weighted by Gasteiger charge is -2.33. The fourth-order valence-corrected chi connectivity index (χ4v) is 6.52. The first-order chi connectivity index (χ1) is 20.5.